The number of hydrogen-bond donors (Lipinski definition) is 0. The Bertz CT molecular complexity index is 833. The molecule has 32 heavy (non-hydrogen) atoms. The van der Waals surface area contributed by atoms with Gasteiger partial charge in [-0.15, -0.1) is 0 Å². The zero-order valence-electron chi connectivity index (χ0n) is 21.2. The van der Waals surface area contributed by atoms with Crippen LogP contribution in [0.25, 0.3) is 10.9 Å². The van der Waals surface area contributed by atoms with Crippen molar-refractivity contribution in [1.82, 2.24) is 4.57 Å². The van der Waals surface area contributed by atoms with E-state index < -0.39 is 0 Å². The van der Waals surface area contributed by atoms with Crippen molar-refractivity contribution in [1.29, 1.82) is 0 Å². The van der Waals surface area contributed by atoms with Crippen molar-refractivity contribution in [2.45, 2.75) is 111 Å². The highest BCUT2D eigenvalue weighted by molar-refractivity contribution is 6.09. The second kappa shape index (κ2) is 14.9. The molecule has 0 bridgehead atoms. The average Bonchev–Trinajstić information content (AvgIpc) is 3.18. The number of benzene rings is 1. The molecule has 2 aromatic rings. The maximum absolute atomic E-state index is 5.72. The van der Waals surface area contributed by atoms with Crippen molar-refractivity contribution >= 4 is 16.6 Å². The lowest BCUT2D eigenvalue weighted by Gasteiger charge is -2.12. The van der Waals surface area contributed by atoms with Gasteiger partial charge in [-0.2, -0.15) is 0 Å². The highest BCUT2D eigenvalue weighted by Crippen LogP contribution is 2.24. The van der Waals surface area contributed by atoms with E-state index in [0.29, 0.717) is 5.92 Å². The summed E-state index contributed by atoms with van der Waals surface area (Å²) in [4.78, 5) is 5.72. The lowest BCUT2D eigenvalue weighted by molar-refractivity contribution is 0.190. The minimum Gasteiger partial charge on any atom is -0.362 e. The summed E-state index contributed by atoms with van der Waals surface area (Å²) in [6.07, 6.45) is 17.9. The van der Waals surface area contributed by atoms with Crippen LogP contribution >= 0.6 is 0 Å². The number of allylic oxidation sites excluding steroid dienone is 1. The smallest absolute Gasteiger partial charge is 0.130 e. The third kappa shape index (κ3) is 8.48. The molecule has 0 saturated heterocycles. The van der Waals surface area contributed by atoms with E-state index in [4.69, 9.17) is 4.84 Å². The first-order valence-corrected chi connectivity index (χ1v) is 13.1. The minimum absolute atomic E-state index is 0.333. The highest BCUT2D eigenvalue weighted by atomic mass is 16.6. The summed E-state index contributed by atoms with van der Waals surface area (Å²) >= 11 is 0. The quantitative estimate of drug-likeness (QED) is 0.105. The topological polar surface area (TPSA) is 26.5 Å². The molecule has 1 aromatic heterocycles. The van der Waals surface area contributed by atoms with E-state index in [1.54, 1.807) is 0 Å². The van der Waals surface area contributed by atoms with Gasteiger partial charge in [0.1, 0.15) is 5.76 Å². The van der Waals surface area contributed by atoms with Crippen LogP contribution in [0.3, 0.4) is 0 Å². The molecule has 0 amide bonds. The van der Waals surface area contributed by atoms with E-state index in [2.05, 4.69) is 67.5 Å². The standard InChI is InChI=1S/C29H46N2O/c1-6-8-10-11-12-13-14-15-18-22-31-23-28(27-20-16-17-21-29(27)31)25(4)30-32-26(5)24(3)19-9-7-2/h16-17,20-21,23-24H,5-15,18-19,22H2,1-4H3/b30-25+/t24-/m0/s1. The first-order chi connectivity index (χ1) is 15.6. The first-order valence-electron chi connectivity index (χ1n) is 13.1. The number of unbranched alkanes of at least 4 members (excludes halogenated alkanes) is 9. The molecule has 2 rings (SSSR count). The maximum Gasteiger partial charge on any atom is 0.130 e. The van der Waals surface area contributed by atoms with Crippen molar-refractivity contribution in [3.05, 3.63) is 48.4 Å². The highest BCUT2D eigenvalue weighted by Gasteiger charge is 2.12. The SMILES string of the molecule is C=C(O/N=C(\C)c1cn(CCCCCCCCCCC)c2ccccc12)[C@@H](C)CCCC. The predicted octanol–water partition coefficient (Wildman–Crippen LogP) is 9.25. The normalized spacial score (nSPS) is 12.9. The zero-order valence-corrected chi connectivity index (χ0v) is 21.2. The molecule has 0 aliphatic heterocycles. The van der Waals surface area contributed by atoms with Gasteiger partial charge in [-0.1, -0.05) is 115 Å². The Morgan fingerprint density at radius 2 is 1.56 bits per heavy atom. The van der Waals surface area contributed by atoms with Crippen molar-refractivity contribution in [2.24, 2.45) is 11.1 Å². The molecule has 0 aliphatic carbocycles. The molecule has 1 aromatic carbocycles. The lowest BCUT2D eigenvalue weighted by Crippen LogP contribution is -2.02. The Morgan fingerprint density at radius 3 is 2.25 bits per heavy atom. The molecule has 0 aliphatic rings. The third-order valence-electron chi connectivity index (χ3n) is 6.52. The Hall–Kier alpha value is -2.03. The molecule has 0 saturated carbocycles. The van der Waals surface area contributed by atoms with Gasteiger partial charge in [0.25, 0.3) is 0 Å². The van der Waals surface area contributed by atoms with E-state index in [1.807, 2.05) is 6.92 Å². The monoisotopic (exact) mass is 438 g/mol. The largest absolute Gasteiger partial charge is 0.362 e. The molecule has 3 heteroatoms. The Morgan fingerprint density at radius 1 is 0.938 bits per heavy atom. The molecular formula is C29H46N2O. The number of rotatable bonds is 17. The first kappa shape index (κ1) is 26.2. The van der Waals surface area contributed by atoms with Crippen LogP contribution in [0.1, 0.15) is 110 Å². The summed E-state index contributed by atoms with van der Waals surface area (Å²) in [6.45, 7) is 13.8. The van der Waals surface area contributed by atoms with Crippen LogP contribution < -0.4 is 0 Å². The molecule has 0 unspecified atom stereocenters. The molecule has 0 radical (unpaired) electrons. The molecule has 178 valence electrons. The van der Waals surface area contributed by atoms with E-state index in [-0.39, 0.29) is 0 Å². The van der Waals surface area contributed by atoms with Gasteiger partial charge in [0, 0.05) is 35.1 Å². The summed E-state index contributed by atoms with van der Waals surface area (Å²) in [7, 11) is 0. The molecule has 3 nitrogen and oxygen atoms in total. The van der Waals surface area contributed by atoms with Crippen LogP contribution in [0, 0.1) is 5.92 Å². The van der Waals surface area contributed by atoms with Crippen molar-refractivity contribution in [2.75, 3.05) is 0 Å². The number of fused-ring (bicyclic) bond motifs is 1. The van der Waals surface area contributed by atoms with Gasteiger partial charge in [-0.05, 0) is 25.8 Å². The molecule has 0 fully saturated rings. The number of nitrogens with zero attached hydrogens (tertiary/aromatic N) is 2. The van der Waals surface area contributed by atoms with Gasteiger partial charge in [-0.25, -0.2) is 0 Å². The fraction of sp³-hybridized carbons (Fsp3) is 0.621. The summed E-state index contributed by atoms with van der Waals surface area (Å²) in [5.74, 6) is 1.09. The Balaban J connectivity index is 1.91. The fourth-order valence-electron chi connectivity index (χ4n) is 4.25. The molecule has 1 atom stereocenters. The second-order valence-electron chi connectivity index (χ2n) is 9.36. The van der Waals surface area contributed by atoms with Crippen LogP contribution in [-0.2, 0) is 11.4 Å². The van der Waals surface area contributed by atoms with Crippen LogP contribution in [0.4, 0.5) is 0 Å². The van der Waals surface area contributed by atoms with Crippen LogP contribution in [0.5, 0.6) is 0 Å². The maximum atomic E-state index is 5.72. The number of aromatic nitrogens is 1. The van der Waals surface area contributed by atoms with Crippen LogP contribution in [0.2, 0.25) is 0 Å². The number of para-hydroxylation sites is 1. The van der Waals surface area contributed by atoms with Crippen molar-refractivity contribution in [3.63, 3.8) is 0 Å². The molecule has 0 spiro atoms. The van der Waals surface area contributed by atoms with Gasteiger partial charge in [0.05, 0.1) is 5.71 Å². The van der Waals surface area contributed by atoms with Gasteiger partial charge in [-0.3, -0.25) is 0 Å². The van der Waals surface area contributed by atoms with Gasteiger partial charge < -0.3 is 9.40 Å². The summed E-state index contributed by atoms with van der Waals surface area (Å²) < 4.78 is 2.39. The van der Waals surface area contributed by atoms with Crippen LogP contribution in [-0.4, -0.2) is 10.3 Å². The fourth-order valence-corrected chi connectivity index (χ4v) is 4.25. The van der Waals surface area contributed by atoms with Gasteiger partial charge in [0.2, 0.25) is 0 Å². The van der Waals surface area contributed by atoms with Gasteiger partial charge in [0.15, 0.2) is 0 Å². The van der Waals surface area contributed by atoms with E-state index in [0.717, 1.165) is 30.0 Å². The minimum atomic E-state index is 0.333. The number of oxime groups is 1. The van der Waals surface area contributed by atoms with Crippen molar-refractivity contribution < 1.29 is 4.84 Å². The number of aryl methyl sites for hydroxylation is 1. The van der Waals surface area contributed by atoms with Crippen LogP contribution in [0.15, 0.2) is 48.0 Å². The molecular weight excluding hydrogens is 392 g/mol. The Labute approximate surface area is 196 Å². The van der Waals surface area contributed by atoms with Crippen molar-refractivity contribution in [3.8, 4) is 0 Å². The second-order valence-corrected chi connectivity index (χ2v) is 9.36. The van der Waals surface area contributed by atoms with Gasteiger partial charge >= 0.3 is 0 Å². The summed E-state index contributed by atoms with van der Waals surface area (Å²) in [5.41, 5.74) is 3.35. The lowest BCUT2D eigenvalue weighted by atomic mass is 10.0. The third-order valence-corrected chi connectivity index (χ3v) is 6.52. The average molecular weight is 439 g/mol. The van der Waals surface area contributed by atoms with E-state index in [1.165, 1.54) is 81.5 Å². The van der Waals surface area contributed by atoms with E-state index >= 15 is 0 Å². The Kier molecular flexibility index (Phi) is 12.2. The zero-order chi connectivity index (χ0) is 23.2. The molecule has 1 heterocycles. The summed E-state index contributed by atoms with van der Waals surface area (Å²) in [5, 5.41) is 5.69. The molecule has 0 N–H and O–H groups in total. The predicted molar refractivity (Wildman–Crippen MR) is 140 cm³/mol. The number of hydrogen-bond acceptors (Lipinski definition) is 2. The summed E-state index contributed by atoms with van der Waals surface area (Å²) in [6, 6.07) is 8.63. The van der Waals surface area contributed by atoms with E-state index in [9.17, 15) is 0 Å².